The first-order valence-electron chi connectivity index (χ1n) is 7.56. The molecule has 0 amide bonds. The lowest BCUT2D eigenvalue weighted by atomic mass is 10.0. The van der Waals surface area contributed by atoms with Gasteiger partial charge in [0.25, 0.3) is 0 Å². The van der Waals surface area contributed by atoms with Crippen molar-refractivity contribution in [1.82, 2.24) is 4.90 Å². The lowest BCUT2D eigenvalue weighted by Gasteiger charge is -2.33. The number of halogens is 1. The summed E-state index contributed by atoms with van der Waals surface area (Å²) in [6, 6.07) is 16.1. The Morgan fingerprint density at radius 3 is 2.52 bits per heavy atom. The second-order valence-electron chi connectivity index (χ2n) is 6.08. The number of nitrogens with two attached hydrogens (primary N) is 1. The molecule has 0 bridgehead atoms. The van der Waals surface area contributed by atoms with Gasteiger partial charge >= 0.3 is 0 Å². The standard InChI is InChI=1S/C18H19FN2/c19-16-8-4-7-14-15(16)12-21(17(14)11-20)18(9-10-18)13-5-2-1-3-6-13/h1-8,17H,9-12,20H2. The minimum absolute atomic E-state index is 0.0523. The lowest BCUT2D eigenvalue weighted by molar-refractivity contribution is 0.129. The van der Waals surface area contributed by atoms with Crippen molar-refractivity contribution in [3.63, 3.8) is 0 Å². The summed E-state index contributed by atoms with van der Waals surface area (Å²) in [5, 5.41) is 0. The van der Waals surface area contributed by atoms with Gasteiger partial charge in [0, 0.05) is 30.2 Å². The number of hydrogen-bond acceptors (Lipinski definition) is 2. The average Bonchev–Trinajstić information content (AvgIpc) is 3.24. The summed E-state index contributed by atoms with van der Waals surface area (Å²) < 4.78 is 14.1. The van der Waals surface area contributed by atoms with Crippen LogP contribution in [0.4, 0.5) is 4.39 Å². The molecular weight excluding hydrogens is 263 g/mol. The number of hydrogen-bond donors (Lipinski definition) is 1. The van der Waals surface area contributed by atoms with Crippen molar-refractivity contribution in [2.24, 2.45) is 5.73 Å². The minimum atomic E-state index is -0.0997. The maximum Gasteiger partial charge on any atom is 0.128 e. The first-order chi connectivity index (χ1) is 10.3. The summed E-state index contributed by atoms with van der Waals surface area (Å²) in [5.41, 5.74) is 9.31. The molecule has 1 atom stereocenters. The molecule has 1 heterocycles. The van der Waals surface area contributed by atoms with E-state index in [1.165, 1.54) is 5.56 Å². The summed E-state index contributed by atoms with van der Waals surface area (Å²) in [5.74, 6) is -0.0997. The second-order valence-corrected chi connectivity index (χ2v) is 6.08. The molecule has 0 radical (unpaired) electrons. The van der Waals surface area contributed by atoms with Gasteiger partial charge in [0.1, 0.15) is 5.82 Å². The van der Waals surface area contributed by atoms with Crippen molar-refractivity contribution in [3.05, 3.63) is 71.0 Å². The molecule has 108 valence electrons. The van der Waals surface area contributed by atoms with Gasteiger partial charge in [0.2, 0.25) is 0 Å². The lowest BCUT2D eigenvalue weighted by Crippen LogP contribution is -2.37. The molecule has 2 N–H and O–H groups in total. The Labute approximate surface area is 124 Å². The largest absolute Gasteiger partial charge is 0.329 e. The monoisotopic (exact) mass is 282 g/mol. The van der Waals surface area contributed by atoms with Crippen LogP contribution in [0.15, 0.2) is 48.5 Å². The van der Waals surface area contributed by atoms with Crippen LogP contribution in [0, 0.1) is 5.82 Å². The van der Waals surface area contributed by atoms with E-state index in [0.29, 0.717) is 13.1 Å². The molecular formula is C18H19FN2. The van der Waals surface area contributed by atoms with E-state index >= 15 is 0 Å². The van der Waals surface area contributed by atoms with E-state index in [1.807, 2.05) is 12.1 Å². The van der Waals surface area contributed by atoms with Crippen LogP contribution in [0.25, 0.3) is 0 Å². The molecule has 2 aromatic carbocycles. The number of fused-ring (bicyclic) bond motifs is 1. The molecule has 0 spiro atoms. The Bertz CT molecular complexity index is 664. The predicted molar refractivity (Wildman–Crippen MR) is 81.1 cm³/mol. The van der Waals surface area contributed by atoms with Crippen molar-refractivity contribution in [3.8, 4) is 0 Å². The minimum Gasteiger partial charge on any atom is -0.329 e. The zero-order chi connectivity index (χ0) is 14.4. The van der Waals surface area contributed by atoms with Gasteiger partial charge in [0.15, 0.2) is 0 Å². The maximum absolute atomic E-state index is 14.1. The molecule has 1 aliphatic heterocycles. The Morgan fingerprint density at radius 1 is 1.10 bits per heavy atom. The SMILES string of the molecule is NCC1c2cccc(F)c2CN1C1(c2ccccc2)CC1. The van der Waals surface area contributed by atoms with E-state index in [9.17, 15) is 4.39 Å². The highest BCUT2D eigenvalue weighted by molar-refractivity contribution is 5.40. The van der Waals surface area contributed by atoms with E-state index in [1.54, 1.807) is 12.1 Å². The predicted octanol–water partition coefficient (Wildman–Crippen LogP) is 3.33. The highest BCUT2D eigenvalue weighted by atomic mass is 19.1. The van der Waals surface area contributed by atoms with E-state index in [-0.39, 0.29) is 17.4 Å². The molecule has 21 heavy (non-hydrogen) atoms. The van der Waals surface area contributed by atoms with Gasteiger partial charge in [-0.05, 0) is 30.0 Å². The summed E-state index contributed by atoms with van der Waals surface area (Å²) in [4.78, 5) is 2.41. The van der Waals surface area contributed by atoms with E-state index in [4.69, 9.17) is 5.73 Å². The van der Waals surface area contributed by atoms with Crippen LogP contribution < -0.4 is 5.73 Å². The zero-order valence-corrected chi connectivity index (χ0v) is 11.9. The van der Waals surface area contributed by atoms with Gasteiger partial charge in [-0.3, -0.25) is 4.90 Å². The fraction of sp³-hybridized carbons (Fsp3) is 0.333. The van der Waals surface area contributed by atoms with Crippen molar-refractivity contribution < 1.29 is 4.39 Å². The summed E-state index contributed by atoms with van der Waals surface area (Å²) in [6.07, 6.45) is 2.26. The van der Waals surface area contributed by atoms with Gasteiger partial charge < -0.3 is 5.73 Å². The third kappa shape index (κ3) is 1.84. The van der Waals surface area contributed by atoms with Crippen LogP contribution >= 0.6 is 0 Å². The Hall–Kier alpha value is -1.71. The molecule has 1 fully saturated rings. The number of benzene rings is 2. The highest BCUT2D eigenvalue weighted by Gasteiger charge is 2.53. The van der Waals surface area contributed by atoms with Gasteiger partial charge in [-0.25, -0.2) is 4.39 Å². The van der Waals surface area contributed by atoms with Crippen molar-refractivity contribution >= 4 is 0 Å². The smallest absolute Gasteiger partial charge is 0.128 e. The Balaban J connectivity index is 1.76. The molecule has 1 unspecified atom stereocenters. The summed E-state index contributed by atoms with van der Waals surface area (Å²) >= 11 is 0. The zero-order valence-electron chi connectivity index (χ0n) is 11.9. The average molecular weight is 282 g/mol. The number of rotatable bonds is 3. The van der Waals surface area contributed by atoms with E-state index in [2.05, 4.69) is 29.2 Å². The molecule has 4 rings (SSSR count). The maximum atomic E-state index is 14.1. The van der Waals surface area contributed by atoms with Crippen LogP contribution in [0.3, 0.4) is 0 Å². The highest BCUT2D eigenvalue weighted by Crippen LogP contribution is 2.56. The topological polar surface area (TPSA) is 29.3 Å². The second kappa shape index (κ2) is 4.65. The third-order valence-electron chi connectivity index (χ3n) is 5.03. The van der Waals surface area contributed by atoms with Crippen molar-refractivity contribution in [1.29, 1.82) is 0 Å². The Kier molecular flexibility index (Phi) is 2.88. The molecule has 3 heteroatoms. The number of nitrogens with zero attached hydrogens (tertiary/aromatic N) is 1. The van der Waals surface area contributed by atoms with Crippen molar-refractivity contribution in [2.75, 3.05) is 6.54 Å². The van der Waals surface area contributed by atoms with Crippen LogP contribution in [-0.2, 0) is 12.1 Å². The fourth-order valence-electron chi connectivity index (χ4n) is 3.82. The summed E-state index contributed by atoms with van der Waals surface area (Å²) in [7, 11) is 0. The molecule has 2 nitrogen and oxygen atoms in total. The van der Waals surface area contributed by atoms with Crippen LogP contribution in [0.1, 0.15) is 35.6 Å². The van der Waals surface area contributed by atoms with Gasteiger partial charge in [-0.1, -0.05) is 42.5 Å². The van der Waals surface area contributed by atoms with E-state index < -0.39 is 0 Å². The van der Waals surface area contributed by atoms with Crippen LogP contribution in [0.2, 0.25) is 0 Å². The van der Waals surface area contributed by atoms with Gasteiger partial charge in [0.05, 0.1) is 0 Å². The summed E-state index contributed by atoms with van der Waals surface area (Å²) in [6.45, 7) is 1.20. The molecule has 2 aliphatic rings. The van der Waals surface area contributed by atoms with Crippen molar-refractivity contribution in [2.45, 2.75) is 31.0 Å². The third-order valence-corrected chi connectivity index (χ3v) is 5.03. The molecule has 1 aliphatic carbocycles. The molecule has 1 saturated carbocycles. The van der Waals surface area contributed by atoms with Gasteiger partial charge in [-0.15, -0.1) is 0 Å². The Morgan fingerprint density at radius 2 is 1.86 bits per heavy atom. The van der Waals surface area contributed by atoms with Gasteiger partial charge in [-0.2, -0.15) is 0 Å². The quantitative estimate of drug-likeness (QED) is 0.935. The molecule has 2 aromatic rings. The van der Waals surface area contributed by atoms with Crippen LogP contribution in [0.5, 0.6) is 0 Å². The first kappa shape index (κ1) is 13.0. The van der Waals surface area contributed by atoms with Crippen LogP contribution in [-0.4, -0.2) is 11.4 Å². The molecule has 0 aromatic heterocycles. The normalized spacial score (nSPS) is 23.0. The molecule has 0 saturated heterocycles. The fourth-order valence-corrected chi connectivity index (χ4v) is 3.82. The first-order valence-corrected chi connectivity index (χ1v) is 7.56. The van der Waals surface area contributed by atoms with E-state index in [0.717, 1.165) is 24.0 Å².